The van der Waals surface area contributed by atoms with Gasteiger partial charge >= 0.3 is 0 Å². The van der Waals surface area contributed by atoms with Crippen molar-refractivity contribution < 1.29 is 0 Å². The van der Waals surface area contributed by atoms with Crippen molar-refractivity contribution in [2.45, 2.75) is 19.9 Å². The van der Waals surface area contributed by atoms with Crippen molar-refractivity contribution in [2.24, 2.45) is 10.1 Å². The van der Waals surface area contributed by atoms with E-state index >= 15 is 0 Å². The molecule has 0 amide bonds. The minimum absolute atomic E-state index is 0.258. The van der Waals surface area contributed by atoms with Gasteiger partial charge < -0.3 is 0 Å². The zero-order valence-corrected chi connectivity index (χ0v) is 6.63. The van der Waals surface area contributed by atoms with Gasteiger partial charge in [0.15, 0.2) is 0 Å². The molecule has 0 spiro atoms. The smallest absolute Gasteiger partial charge is 0.220 e. The van der Waals surface area contributed by atoms with Gasteiger partial charge in [-0.25, -0.2) is 15.5 Å². The van der Waals surface area contributed by atoms with Gasteiger partial charge in [0.05, 0.1) is 0 Å². The number of hydrazone groups is 1. The molecule has 0 saturated heterocycles. The van der Waals surface area contributed by atoms with E-state index in [0.717, 1.165) is 0 Å². The van der Waals surface area contributed by atoms with E-state index in [1.165, 1.54) is 6.34 Å². The predicted octanol–water partition coefficient (Wildman–Crippen LogP) is 0.753. The fourth-order valence-corrected chi connectivity index (χ4v) is 0.873. The Labute approximate surface area is 64.5 Å². The second-order valence-corrected chi connectivity index (χ2v) is 2.54. The third-order valence-corrected chi connectivity index (χ3v) is 1.38. The van der Waals surface area contributed by atoms with E-state index in [0.29, 0.717) is 5.29 Å². The van der Waals surface area contributed by atoms with Crippen LogP contribution in [0.2, 0.25) is 0 Å². The quantitative estimate of drug-likeness (QED) is 0.576. The monoisotopic (exact) mass is 160 g/mol. The molecule has 0 bridgehead atoms. The molecule has 56 valence electrons. The Kier molecular flexibility index (Phi) is 2.11. The highest BCUT2D eigenvalue weighted by atomic mass is 35.5. The first-order valence-electron chi connectivity index (χ1n) is 3.01. The molecule has 1 N–H and O–H groups in total. The largest absolute Gasteiger partial charge is 0.242 e. The number of amidine groups is 1. The number of halogens is 1. The number of hydrazine groups is 1. The van der Waals surface area contributed by atoms with Crippen molar-refractivity contribution in [2.75, 3.05) is 0 Å². The molecule has 4 nitrogen and oxygen atoms in total. The Bertz CT molecular complexity index is 174. The van der Waals surface area contributed by atoms with E-state index < -0.39 is 0 Å². The van der Waals surface area contributed by atoms with Gasteiger partial charge in [-0.3, -0.25) is 0 Å². The molecule has 1 heterocycles. The standard InChI is InChI=1S/C5H9ClN4/c1-4(2)10-5(6)7-3-8-9-10/h3-4,9H,1-2H3. The van der Waals surface area contributed by atoms with Crippen LogP contribution in [0.25, 0.3) is 0 Å². The molecule has 0 aromatic carbocycles. The average molecular weight is 161 g/mol. The summed E-state index contributed by atoms with van der Waals surface area (Å²) < 4.78 is 0. The highest BCUT2D eigenvalue weighted by Gasteiger charge is 2.12. The summed E-state index contributed by atoms with van der Waals surface area (Å²) in [5.74, 6) is 0. The predicted molar refractivity (Wildman–Crippen MR) is 41.9 cm³/mol. The molecule has 10 heavy (non-hydrogen) atoms. The molecule has 0 atom stereocenters. The molecule has 0 aliphatic carbocycles. The first-order valence-corrected chi connectivity index (χ1v) is 3.39. The summed E-state index contributed by atoms with van der Waals surface area (Å²) in [6.45, 7) is 3.98. The lowest BCUT2D eigenvalue weighted by Gasteiger charge is -2.26. The van der Waals surface area contributed by atoms with Crippen molar-refractivity contribution in [1.82, 2.24) is 10.5 Å². The third kappa shape index (κ3) is 1.39. The maximum Gasteiger partial charge on any atom is 0.220 e. The van der Waals surface area contributed by atoms with Crippen LogP contribution in [0.3, 0.4) is 0 Å². The molecular formula is C5H9ClN4. The Morgan fingerprint density at radius 1 is 1.70 bits per heavy atom. The fourth-order valence-electron chi connectivity index (χ4n) is 0.597. The van der Waals surface area contributed by atoms with Gasteiger partial charge in [0.2, 0.25) is 5.29 Å². The molecule has 5 heteroatoms. The minimum Gasteiger partial charge on any atom is -0.242 e. The molecule has 1 aliphatic heterocycles. The molecule has 1 aliphatic rings. The van der Waals surface area contributed by atoms with E-state index in [2.05, 4.69) is 15.6 Å². The first-order chi connectivity index (χ1) is 4.72. The van der Waals surface area contributed by atoms with E-state index in [1.54, 1.807) is 5.01 Å². The minimum atomic E-state index is 0.258. The van der Waals surface area contributed by atoms with Gasteiger partial charge in [-0.15, -0.1) is 5.10 Å². The number of hydrogen-bond donors (Lipinski definition) is 1. The summed E-state index contributed by atoms with van der Waals surface area (Å²) in [6, 6.07) is 0.258. The fraction of sp³-hybridized carbons (Fsp3) is 0.600. The number of nitrogens with one attached hydrogen (secondary N) is 1. The molecule has 0 saturated carbocycles. The summed E-state index contributed by atoms with van der Waals surface area (Å²) in [6.07, 6.45) is 1.38. The van der Waals surface area contributed by atoms with Gasteiger partial charge in [0, 0.05) is 6.04 Å². The van der Waals surface area contributed by atoms with Gasteiger partial charge in [-0.1, -0.05) is 0 Å². The lowest BCUT2D eigenvalue weighted by molar-refractivity contribution is 0.263. The molecule has 0 aromatic rings. The Morgan fingerprint density at radius 2 is 2.40 bits per heavy atom. The molecule has 0 fully saturated rings. The van der Waals surface area contributed by atoms with Gasteiger partial charge in [0.25, 0.3) is 0 Å². The number of nitrogens with zero attached hydrogens (tertiary/aromatic N) is 3. The van der Waals surface area contributed by atoms with Crippen LogP contribution < -0.4 is 5.53 Å². The van der Waals surface area contributed by atoms with Crippen LogP contribution in [0.1, 0.15) is 13.8 Å². The van der Waals surface area contributed by atoms with E-state index in [9.17, 15) is 0 Å². The molecular weight excluding hydrogens is 152 g/mol. The summed E-state index contributed by atoms with van der Waals surface area (Å²) in [5, 5.41) is 5.80. The van der Waals surface area contributed by atoms with Crippen molar-refractivity contribution in [3.05, 3.63) is 0 Å². The number of rotatable bonds is 1. The zero-order valence-electron chi connectivity index (χ0n) is 5.87. The lowest BCUT2D eigenvalue weighted by atomic mass is 10.4. The maximum absolute atomic E-state index is 5.70. The van der Waals surface area contributed by atoms with Crippen molar-refractivity contribution in [1.29, 1.82) is 0 Å². The van der Waals surface area contributed by atoms with Crippen LogP contribution in [0.4, 0.5) is 0 Å². The van der Waals surface area contributed by atoms with Crippen LogP contribution >= 0.6 is 11.6 Å². The second kappa shape index (κ2) is 2.88. The zero-order chi connectivity index (χ0) is 7.56. The van der Waals surface area contributed by atoms with Crippen molar-refractivity contribution >= 4 is 23.2 Å². The molecule has 1 rings (SSSR count). The van der Waals surface area contributed by atoms with E-state index in [1.807, 2.05) is 13.8 Å². The Balaban J connectivity index is 2.64. The van der Waals surface area contributed by atoms with Crippen molar-refractivity contribution in [3.63, 3.8) is 0 Å². The highest BCUT2D eigenvalue weighted by Crippen LogP contribution is 2.01. The molecule has 0 unspecified atom stereocenters. The Hall–Kier alpha value is -0.770. The topological polar surface area (TPSA) is 40.0 Å². The van der Waals surface area contributed by atoms with Gasteiger partial charge in [-0.05, 0) is 25.4 Å². The maximum atomic E-state index is 5.70. The van der Waals surface area contributed by atoms with E-state index in [-0.39, 0.29) is 6.04 Å². The van der Waals surface area contributed by atoms with Crippen LogP contribution in [-0.2, 0) is 0 Å². The summed E-state index contributed by atoms with van der Waals surface area (Å²) in [4.78, 5) is 3.79. The van der Waals surface area contributed by atoms with Crippen LogP contribution in [0, 0.1) is 0 Å². The van der Waals surface area contributed by atoms with Crippen LogP contribution in [0.5, 0.6) is 0 Å². The van der Waals surface area contributed by atoms with Crippen molar-refractivity contribution in [3.8, 4) is 0 Å². The lowest BCUT2D eigenvalue weighted by Crippen LogP contribution is -2.44. The summed E-state index contributed by atoms with van der Waals surface area (Å²) in [5.41, 5.74) is 2.71. The van der Waals surface area contributed by atoms with Gasteiger partial charge in [0.1, 0.15) is 6.34 Å². The number of aliphatic imine (C=N–C) groups is 1. The molecule has 0 radical (unpaired) electrons. The van der Waals surface area contributed by atoms with Crippen LogP contribution in [-0.4, -0.2) is 22.7 Å². The summed E-state index contributed by atoms with van der Waals surface area (Å²) in [7, 11) is 0. The second-order valence-electron chi connectivity index (χ2n) is 2.21. The third-order valence-electron chi connectivity index (χ3n) is 1.10. The normalized spacial score (nSPS) is 17.2. The number of hydrogen-bond acceptors (Lipinski definition) is 4. The highest BCUT2D eigenvalue weighted by molar-refractivity contribution is 6.65. The first kappa shape index (κ1) is 7.34. The SMILES string of the molecule is CC(C)N1NN=CN=C1Cl. The van der Waals surface area contributed by atoms with Crippen LogP contribution in [0.15, 0.2) is 10.1 Å². The summed E-state index contributed by atoms with van der Waals surface area (Å²) >= 11 is 5.70. The van der Waals surface area contributed by atoms with E-state index in [4.69, 9.17) is 11.6 Å². The average Bonchev–Trinajstić information content (AvgIpc) is 1.88. The molecule has 0 aromatic heterocycles. The van der Waals surface area contributed by atoms with Gasteiger partial charge in [-0.2, -0.15) is 0 Å². The Morgan fingerprint density at radius 3 is 2.80 bits per heavy atom.